The molecule has 0 aromatic carbocycles. The average Bonchev–Trinajstić information content (AvgIpc) is 2.20. The van der Waals surface area contributed by atoms with E-state index in [1.165, 1.54) is 0 Å². The predicted octanol–water partition coefficient (Wildman–Crippen LogP) is -0.116. The van der Waals surface area contributed by atoms with Crippen molar-refractivity contribution in [2.75, 3.05) is 7.11 Å². The summed E-state index contributed by atoms with van der Waals surface area (Å²) in [5, 5.41) is 6.44. The van der Waals surface area contributed by atoms with Crippen molar-refractivity contribution in [2.24, 2.45) is 9.29 Å². The Hall–Kier alpha value is -1.39. The van der Waals surface area contributed by atoms with Crippen LogP contribution < -0.4 is 0 Å². The molecular formula is C4H5B2F3N3O4S. The van der Waals surface area contributed by atoms with Gasteiger partial charge in [-0.25, -0.2) is 0 Å². The zero-order valence-corrected chi connectivity index (χ0v) is 9.12. The Morgan fingerprint density at radius 1 is 1.47 bits per heavy atom. The fourth-order valence-electron chi connectivity index (χ4n) is 0.452. The van der Waals surface area contributed by atoms with E-state index < -0.39 is 21.3 Å². The second-order valence-corrected chi connectivity index (χ2v) is 3.81. The number of hydrogen-bond donors (Lipinski definition) is 1. The molecule has 0 heterocycles. The van der Waals surface area contributed by atoms with Gasteiger partial charge in [0.15, 0.2) is 0 Å². The van der Waals surface area contributed by atoms with Crippen LogP contribution in [-0.2, 0) is 19.3 Å². The molecule has 13 heteroatoms. The third kappa shape index (κ3) is 5.47. The van der Waals surface area contributed by atoms with E-state index in [0.717, 1.165) is 7.11 Å². The van der Waals surface area contributed by atoms with Gasteiger partial charge in [-0.1, -0.05) is 0 Å². The standard InChI is InChI=1S/C4H5B2F3N3O4S/c1-15-6-11-3(5-16-2-10)12-17(13,14)4(7,8)9/h2,10H,1H3. The van der Waals surface area contributed by atoms with Gasteiger partial charge in [0.25, 0.3) is 0 Å². The van der Waals surface area contributed by atoms with Crippen molar-refractivity contribution >= 4 is 36.9 Å². The number of nitrogens with zero attached hydrogens (tertiary/aromatic N) is 2. The topological polar surface area (TPSA) is 101 Å². The molecule has 0 aliphatic rings. The number of halogens is 3. The fourth-order valence-corrected chi connectivity index (χ4v) is 0.892. The van der Waals surface area contributed by atoms with E-state index in [4.69, 9.17) is 5.41 Å². The number of nitrogens with one attached hydrogen (secondary N) is 1. The molecule has 0 rings (SSSR count). The third-order valence-corrected chi connectivity index (χ3v) is 2.05. The number of rotatable bonds is 5. The van der Waals surface area contributed by atoms with E-state index >= 15 is 0 Å². The van der Waals surface area contributed by atoms with Gasteiger partial charge >= 0.3 is 95.1 Å². The number of alkyl halides is 3. The van der Waals surface area contributed by atoms with Gasteiger partial charge in [-0.2, -0.15) is 0 Å². The van der Waals surface area contributed by atoms with Crippen molar-refractivity contribution in [2.45, 2.75) is 5.51 Å². The number of hydrogen-bond acceptors (Lipinski definition) is 5. The van der Waals surface area contributed by atoms with Crippen molar-refractivity contribution in [1.29, 1.82) is 5.41 Å². The zero-order chi connectivity index (χ0) is 13.5. The summed E-state index contributed by atoms with van der Waals surface area (Å²) in [6.07, 6.45) is 0.345. The molecule has 0 spiro atoms. The van der Waals surface area contributed by atoms with Gasteiger partial charge in [0.05, 0.1) is 0 Å². The normalized spacial score (nSPS) is 13.1. The quantitative estimate of drug-likeness (QED) is 0.427. The van der Waals surface area contributed by atoms with E-state index in [1.54, 1.807) is 0 Å². The summed E-state index contributed by atoms with van der Waals surface area (Å²) >= 11 is 0. The van der Waals surface area contributed by atoms with Crippen molar-refractivity contribution in [3.63, 3.8) is 0 Å². The van der Waals surface area contributed by atoms with Crippen LogP contribution in [0.15, 0.2) is 9.29 Å². The van der Waals surface area contributed by atoms with Crippen LogP contribution in [0.2, 0.25) is 0 Å². The summed E-state index contributed by atoms with van der Waals surface area (Å²) < 4.78 is 67.9. The van der Waals surface area contributed by atoms with E-state index in [2.05, 4.69) is 18.6 Å². The molecule has 0 atom stereocenters. The summed E-state index contributed by atoms with van der Waals surface area (Å²) in [6, 6.07) is 0. The molecule has 0 fully saturated rings. The molecule has 0 bridgehead atoms. The molecule has 0 aromatic heterocycles. The molecule has 0 saturated carbocycles. The van der Waals surface area contributed by atoms with Gasteiger partial charge < -0.3 is 0 Å². The molecule has 17 heavy (non-hydrogen) atoms. The van der Waals surface area contributed by atoms with Crippen LogP contribution in [-0.4, -0.2) is 47.9 Å². The fraction of sp³-hybridized carbons (Fsp3) is 0.500. The first-order valence-corrected chi connectivity index (χ1v) is 5.13. The van der Waals surface area contributed by atoms with E-state index in [1.807, 2.05) is 0 Å². The van der Waals surface area contributed by atoms with Gasteiger partial charge in [-0.3, -0.25) is 0 Å². The van der Waals surface area contributed by atoms with Crippen LogP contribution in [0.1, 0.15) is 0 Å². The van der Waals surface area contributed by atoms with Gasteiger partial charge in [0.1, 0.15) is 0 Å². The van der Waals surface area contributed by atoms with E-state index in [9.17, 15) is 21.6 Å². The number of sulfonamides is 1. The SMILES string of the molecule is COB=NC([B]OC=N)=NS(=O)(=O)C(F)(F)F. The van der Waals surface area contributed by atoms with Gasteiger partial charge in [0.2, 0.25) is 0 Å². The Kier molecular flexibility index (Phi) is 5.85. The molecule has 0 aromatic rings. The molecule has 0 aliphatic heterocycles. The Morgan fingerprint density at radius 3 is 2.47 bits per heavy atom. The summed E-state index contributed by atoms with van der Waals surface area (Å²) in [5.74, 6) is 0. The van der Waals surface area contributed by atoms with E-state index in [0.29, 0.717) is 21.2 Å². The maximum atomic E-state index is 12.0. The molecule has 0 amide bonds. The molecule has 1 radical (unpaired) electrons. The number of amidine groups is 1. The first-order chi connectivity index (χ1) is 7.74. The molecular weight excluding hydrogens is 265 g/mol. The maximum absolute atomic E-state index is 12.0. The predicted molar refractivity (Wildman–Crippen MR) is 53.2 cm³/mol. The summed E-state index contributed by atoms with van der Waals surface area (Å²) in [5.41, 5.74) is -6.47. The Balaban J connectivity index is 5.16. The second kappa shape index (κ2) is 6.37. The minimum atomic E-state index is -5.73. The summed E-state index contributed by atoms with van der Waals surface area (Å²) in [7, 11) is -3.51. The van der Waals surface area contributed by atoms with Gasteiger partial charge in [-0.05, 0) is 0 Å². The van der Waals surface area contributed by atoms with Crippen LogP contribution in [0.3, 0.4) is 0 Å². The van der Waals surface area contributed by atoms with Crippen molar-refractivity contribution in [1.82, 2.24) is 0 Å². The van der Waals surface area contributed by atoms with Crippen LogP contribution in [0.4, 0.5) is 13.2 Å². The summed E-state index contributed by atoms with van der Waals surface area (Å²) in [4.78, 5) is 3.12. The Bertz CT molecular complexity index is 420. The first-order valence-electron chi connectivity index (χ1n) is 3.69. The Labute approximate surface area is 95.8 Å². The average molecular weight is 270 g/mol. The molecule has 0 unspecified atom stereocenters. The molecule has 93 valence electrons. The Morgan fingerprint density at radius 2 is 2.06 bits per heavy atom. The monoisotopic (exact) mass is 270 g/mol. The molecule has 0 saturated heterocycles. The van der Waals surface area contributed by atoms with Crippen molar-refractivity contribution in [3.8, 4) is 0 Å². The zero-order valence-electron chi connectivity index (χ0n) is 8.30. The second-order valence-electron chi connectivity index (χ2n) is 2.21. The first kappa shape index (κ1) is 15.6. The van der Waals surface area contributed by atoms with E-state index in [-0.39, 0.29) is 0 Å². The van der Waals surface area contributed by atoms with Crippen molar-refractivity contribution in [3.05, 3.63) is 0 Å². The summed E-state index contributed by atoms with van der Waals surface area (Å²) in [6.45, 7) is 0. The van der Waals surface area contributed by atoms with Crippen LogP contribution in [0.5, 0.6) is 0 Å². The van der Waals surface area contributed by atoms with Gasteiger partial charge in [-0.15, -0.1) is 0 Å². The van der Waals surface area contributed by atoms with Gasteiger partial charge in [0, 0.05) is 0 Å². The molecule has 0 aliphatic carbocycles. The van der Waals surface area contributed by atoms with Crippen LogP contribution in [0.25, 0.3) is 0 Å². The van der Waals surface area contributed by atoms with Crippen molar-refractivity contribution < 1.29 is 30.9 Å². The molecule has 7 nitrogen and oxygen atoms in total. The van der Waals surface area contributed by atoms with Crippen LogP contribution in [0, 0.1) is 5.41 Å². The van der Waals surface area contributed by atoms with Crippen LogP contribution >= 0.6 is 0 Å². The molecule has 1 N–H and O–H groups in total. The third-order valence-electron chi connectivity index (χ3n) is 1.04. The minimum absolute atomic E-state index is 0.345.